The van der Waals surface area contributed by atoms with Crippen LogP contribution >= 0.6 is 11.6 Å². The SMILES string of the molecule is O=C(C(=Cc1ccc(Cl)cc1)c1ccccc1)c1ccccc1. The van der Waals surface area contributed by atoms with Crippen LogP contribution in [0.1, 0.15) is 21.5 Å². The molecule has 23 heavy (non-hydrogen) atoms. The molecule has 3 rings (SSSR count). The highest BCUT2D eigenvalue weighted by atomic mass is 35.5. The molecule has 0 amide bonds. The van der Waals surface area contributed by atoms with Crippen molar-refractivity contribution in [3.8, 4) is 0 Å². The van der Waals surface area contributed by atoms with E-state index in [-0.39, 0.29) is 5.78 Å². The maximum absolute atomic E-state index is 12.9. The summed E-state index contributed by atoms with van der Waals surface area (Å²) in [5.41, 5.74) is 3.18. The Kier molecular flexibility index (Phi) is 4.70. The van der Waals surface area contributed by atoms with Crippen molar-refractivity contribution in [1.82, 2.24) is 0 Å². The fourth-order valence-corrected chi connectivity index (χ4v) is 2.49. The molecule has 0 bridgehead atoms. The van der Waals surface area contributed by atoms with Crippen molar-refractivity contribution in [3.05, 3.63) is 107 Å². The quantitative estimate of drug-likeness (QED) is 0.339. The van der Waals surface area contributed by atoms with Gasteiger partial charge in [0.05, 0.1) is 0 Å². The number of halogens is 1. The Balaban J connectivity index is 2.07. The molecule has 0 saturated heterocycles. The first kappa shape index (κ1) is 15.3. The highest BCUT2D eigenvalue weighted by Crippen LogP contribution is 2.23. The van der Waals surface area contributed by atoms with E-state index in [1.165, 1.54) is 0 Å². The smallest absolute Gasteiger partial charge is 0.193 e. The molecule has 0 aliphatic rings. The van der Waals surface area contributed by atoms with E-state index in [1.807, 2.05) is 91.0 Å². The summed E-state index contributed by atoms with van der Waals surface area (Å²) in [6, 6.07) is 26.5. The Morgan fingerprint density at radius 2 is 1.22 bits per heavy atom. The Labute approximate surface area is 140 Å². The van der Waals surface area contributed by atoms with Gasteiger partial charge in [0.1, 0.15) is 0 Å². The average molecular weight is 319 g/mol. The number of hydrogen-bond acceptors (Lipinski definition) is 1. The summed E-state index contributed by atoms with van der Waals surface area (Å²) in [6.07, 6.45) is 1.90. The lowest BCUT2D eigenvalue weighted by Crippen LogP contribution is -2.02. The molecule has 0 aliphatic carbocycles. The maximum atomic E-state index is 12.9. The number of allylic oxidation sites excluding steroid dienone is 1. The number of benzene rings is 3. The van der Waals surface area contributed by atoms with Gasteiger partial charge < -0.3 is 0 Å². The van der Waals surface area contributed by atoms with Gasteiger partial charge in [0.25, 0.3) is 0 Å². The zero-order valence-electron chi connectivity index (χ0n) is 12.4. The van der Waals surface area contributed by atoms with Gasteiger partial charge in [-0.2, -0.15) is 0 Å². The van der Waals surface area contributed by atoms with Gasteiger partial charge in [0.15, 0.2) is 5.78 Å². The molecule has 1 nitrogen and oxygen atoms in total. The number of Topliss-reactive ketones (excluding diaryl/α,β-unsaturated/α-hetero) is 1. The van der Waals surface area contributed by atoms with Crippen LogP contribution in [-0.2, 0) is 0 Å². The summed E-state index contributed by atoms with van der Waals surface area (Å²) in [5, 5.41) is 0.679. The largest absolute Gasteiger partial charge is 0.289 e. The maximum Gasteiger partial charge on any atom is 0.193 e. The Morgan fingerprint density at radius 1 is 0.696 bits per heavy atom. The van der Waals surface area contributed by atoms with Crippen LogP contribution in [0.15, 0.2) is 84.9 Å². The van der Waals surface area contributed by atoms with Crippen molar-refractivity contribution in [2.24, 2.45) is 0 Å². The molecule has 112 valence electrons. The van der Waals surface area contributed by atoms with Crippen molar-refractivity contribution in [3.63, 3.8) is 0 Å². The van der Waals surface area contributed by atoms with E-state index in [4.69, 9.17) is 11.6 Å². The van der Waals surface area contributed by atoms with Crippen molar-refractivity contribution >= 4 is 29.0 Å². The van der Waals surface area contributed by atoms with E-state index >= 15 is 0 Å². The first-order chi connectivity index (χ1) is 11.2. The van der Waals surface area contributed by atoms with Gasteiger partial charge in [-0.1, -0.05) is 84.4 Å². The number of carbonyl (C=O) groups is 1. The second-order valence-corrected chi connectivity index (χ2v) is 5.61. The van der Waals surface area contributed by atoms with Crippen LogP contribution in [0.3, 0.4) is 0 Å². The topological polar surface area (TPSA) is 17.1 Å². The summed E-state index contributed by atoms with van der Waals surface area (Å²) < 4.78 is 0. The Bertz CT molecular complexity index is 819. The summed E-state index contributed by atoms with van der Waals surface area (Å²) in [7, 11) is 0. The highest BCUT2D eigenvalue weighted by molar-refractivity contribution is 6.32. The second kappa shape index (κ2) is 7.08. The third kappa shape index (κ3) is 3.77. The molecular formula is C21H15ClO. The molecule has 0 aliphatic heterocycles. The predicted octanol–water partition coefficient (Wildman–Crippen LogP) is 5.76. The van der Waals surface area contributed by atoms with Gasteiger partial charge >= 0.3 is 0 Å². The minimum Gasteiger partial charge on any atom is -0.289 e. The predicted molar refractivity (Wildman–Crippen MR) is 96.5 cm³/mol. The summed E-state index contributed by atoms with van der Waals surface area (Å²) in [5.74, 6) is 0.00625. The Hall–Kier alpha value is -2.64. The van der Waals surface area contributed by atoms with Gasteiger partial charge in [-0.15, -0.1) is 0 Å². The van der Waals surface area contributed by atoms with Crippen LogP contribution in [0.25, 0.3) is 11.6 Å². The van der Waals surface area contributed by atoms with E-state index in [9.17, 15) is 4.79 Å². The van der Waals surface area contributed by atoms with Crippen LogP contribution in [0.5, 0.6) is 0 Å². The van der Waals surface area contributed by atoms with Crippen LogP contribution in [0.4, 0.5) is 0 Å². The molecule has 3 aromatic rings. The number of carbonyl (C=O) groups excluding carboxylic acids is 1. The zero-order valence-corrected chi connectivity index (χ0v) is 13.2. The lowest BCUT2D eigenvalue weighted by molar-refractivity contribution is 0.105. The van der Waals surface area contributed by atoms with Crippen molar-refractivity contribution in [2.45, 2.75) is 0 Å². The lowest BCUT2D eigenvalue weighted by atomic mass is 9.95. The Morgan fingerprint density at radius 3 is 1.78 bits per heavy atom. The van der Waals surface area contributed by atoms with Gasteiger partial charge in [0.2, 0.25) is 0 Å². The van der Waals surface area contributed by atoms with Crippen molar-refractivity contribution in [2.75, 3.05) is 0 Å². The summed E-state index contributed by atoms with van der Waals surface area (Å²) in [4.78, 5) is 12.9. The third-order valence-electron chi connectivity index (χ3n) is 3.55. The first-order valence-electron chi connectivity index (χ1n) is 7.36. The normalized spacial score (nSPS) is 11.3. The zero-order chi connectivity index (χ0) is 16.1. The molecule has 0 fully saturated rings. The van der Waals surface area contributed by atoms with Crippen LogP contribution < -0.4 is 0 Å². The molecule has 0 heterocycles. The molecule has 0 atom stereocenters. The molecule has 3 aromatic carbocycles. The van der Waals surface area contributed by atoms with E-state index in [1.54, 1.807) is 0 Å². The molecule has 0 spiro atoms. The molecular weight excluding hydrogens is 304 g/mol. The summed E-state index contributed by atoms with van der Waals surface area (Å²) in [6.45, 7) is 0. The van der Waals surface area contributed by atoms with Gasteiger partial charge in [0, 0.05) is 16.2 Å². The number of ketones is 1. The minimum absolute atomic E-state index is 0.00625. The van der Waals surface area contributed by atoms with E-state index in [2.05, 4.69) is 0 Å². The first-order valence-corrected chi connectivity index (χ1v) is 7.74. The van der Waals surface area contributed by atoms with Gasteiger partial charge in [-0.25, -0.2) is 0 Å². The molecule has 0 saturated carbocycles. The highest BCUT2D eigenvalue weighted by Gasteiger charge is 2.14. The lowest BCUT2D eigenvalue weighted by Gasteiger charge is -2.08. The van der Waals surface area contributed by atoms with Gasteiger partial charge in [-0.3, -0.25) is 4.79 Å². The molecule has 2 heteroatoms. The average Bonchev–Trinajstić information content (AvgIpc) is 2.62. The van der Waals surface area contributed by atoms with E-state index in [0.29, 0.717) is 16.2 Å². The van der Waals surface area contributed by atoms with Crippen molar-refractivity contribution < 1.29 is 4.79 Å². The second-order valence-electron chi connectivity index (χ2n) is 5.17. The molecule has 0 aromatic heterocycles. The fraction of sp³-hybridized carbons (Fsp3) is 0. The van der Waals surface area contributed by atoms with Crippen LogP contribution in [0, 0.1) is 0 Å². The molecule has 0 radical (unpaired) electrons. The standard InChI is InChI=1S/C21H15ClO/c22-19-13-11-16(12-14-19)15-20(17-7-3-1-4-8-17)21(23)18-9-5-2-6-10-18/h1-15H. The van der Waals surface area contributed by atoms with E-state index in [0.717, 1.165) is 11.1 Å². The minimum atomic E-state index is 0.00625. The monoisotopic (exact) mass is 318 g/mol. The van der Waals surface area contributed by atoms with Crippen LogP contribution in [0.2, 0.25) is 5.02 Å². The van der Waals surface area contributed by atoms with Crippen LogP contribution in [-0.4, -0.2) is 5.78 Å². The molecule has 0 unspecified atom stereocenters. The third-order valence-corrected chi connectivity index (χ3v) is 3.80. The number of hydrogen-bond donors (Lipinski definition) is 0. The summed E-state index contributed by atoms with van der Waals surface area (Å²) >= 11 is 5.94. The van der Waals surface area contributed by atoms with E-state index < -0.39 is 0 Å². The van der Waals surface area contributed by atoms with Gasteiger partial charge in [-0.05, 0) is 29.3 Å². The molecule has 0 N–H and O–H groups in total. The van der Waals surface area contributed by atoms with Crippen molar-refractivity contribution in [1.29, 1.82) is 0 Å². The number of rotatable bonds is 4. The fourth-order valence-electron chi connectivity index (χ4n) is 2.37.